The second-order valence-electron chi connectivity index (χ2n) is 4.27. The molecule has 2 unspecified atom stereocenters. The molecule has 14 heavy (non-hydrogen) atoms. The van der Waals surface area contributed by atoms with Crippen LogP contribution in [0.3, 0.4) is 0 Å². The number of hydrogen-bond donors (Lipinski definition) is 2. The Bertz CT molecular complexity index is 214. The van der Waals surface area contributed by atoms with Crippen LogP contribution in [0.4, 0.5) is 0 Å². The molecule has 2 aliphatic rings. The van der Waals surface area contributed by atoms with Gasteiger partial charge >= 0.3 is 5.97 Å². The number of nitrogens with zero attached hydrogens (tertiary/aromatic N) is 1. The molecule has 0 saturated carbocycles. The number of nitrogens with one attached hydrogen (secondary N) is 1. The number of aliphatic carboxylic acids is 1. The van der Waals surface area contributed by atoms with Crippen molar-refractivity contribution >= 4 is 5.97 Å². The highest BCUT2D eigenvalue weighted by Gasteiger charge is 2.36. The molecule has 0 radical (unpaired) electrons. The highest BCUT2D eigenvalue weighted by molar-refractivity contribution is 5.71. The summed E-state index contributed by atoms with van der Waals surface area (Å²) >= 11 is 0. The Morgan fingerprint density at radius 1 is 1.21 bits per heavy atom. The Kier molecular flexibility index (Phi) is 3.03. The molecule has 0 spiro atoms. The van der Waals surface area contributed by atoms with Crippen LogP contribution in [0.25, 0.3) is 0 Å². The van der Waals surface area contributed by atoms with Crippen molar-refractivity contribution in [1.82, 2.24) is 10.2 Å². The van der Waals surface area contributed by atoms with E-state index in [0.717, 1.165) is 19.6 Å². The fourth-order valence-corrected chi connectivity index (χ4v) is 2.55. The number of piperidine rings is 1. The summed E-state index contributed by atoms with van der Waals surface area (Å²) in [5, 5.41) is 12.2. The first-order valence-corrected chi connectivity index (χ1v) is 5.46. The molecule has 2 N–H and O–H groups in total. The van der Waals surface area contributed by atoms with Crippen LogP contribution in [0.2, 0.25) is 0 Å². The minimum atomic E-state index is -0.648. The zero-order valence-electron chi connectivity index (χ0n) is 8.41. The Morgan fingerprint density at radius 2 is 1.93 bits per heavy atom. The molecule has 0 aromatic heterocycles. The van der Waals surface area contributed by atoms with Crippen molar-refractivity contribution in [3.8, 4) is 0 Å². The van der Waals surface area contributed by atoms with Gasteiger partial charge < -0.3 is 10.4 Å². The van der Waals surface area contributed by atoms with E-state index in [1.54, 1.807) is 0 Å². The monoisotopic (exact) mass is 198 g/mol. The molecule has 0 bridgehead atoms. The first-order valence-electron chi connectivity index (χ1n) is 5.46. The van der Waals surface area contributed by atoms with Gasteiger partial charge in [0.05, 0.1) is 5.92 Å². The molecule has 0 amide bonds. The van der Waals surface area contributed by atoms with Crippen molar-refractivity contribution in [2.75, 3.05) is 26.2 Å². The Labute approximate surface area is 84.3 Å². The van der Waals surface area contributed by atoms with Crippen molar-refractivity contribution < 1.29 is 9.90 Å². The predicted molar refractivity (Wildman–Crippen MR) is 53.2 cm³/mol. The maximum Gasteiger partial charge on any atom is 0.309 e. The van der Waals surface area contributed by atoms with Gasteiger partial charge in [-0.1, -0.05) is 6.42 Å². The van der Waals surface area contributed by atoms with Crippen LogP contribution < -0.4 is 5.32 Å². The van der Waals surface area contributed by atoms with Crippen LogP contribution in [0.15, 0.2) is 0 Å². The van der Waals surface area contributed by atoms with E-state index in [4.69, 9.17) is 5.11 Å². The molecular formula is C10H18N2O2. The van der Waals surface area contributed by atoms with Gasteiger partial charge in [0.1, 0.15) is 0 Å². The average Bonchev–Trinajstić information content (AvgIpc) is 2.67. The van der Waals surface area contributed by atoms with E-state index in [-0.39, 0.29) is 12.0 Å². The molecule has 2 fully saturated rings. The Balaban J connectivity index is 1.97. The van der Waals surface area contributed by atoms with E-state index >= 15 is 0 Å². The van der Waals surface area contributed by atoms with E-state index in [1.807, 2.05) is 0 Å². The minimum absolute atomic E-state index is 0.201. The smallest absolute Gasteiger partial charge is 0.309 e. The third-order valence-corrected chi connectivity index (χ3v) is 3.36. The van der Waals surface area contributed by atoms with Crippen molar-refractivity contribution in [1.29, 1.82) is 0 Å². The molecule has 0 aromatic rings. The van der Waals surface area contributed by atoms with E-state index in [9.17, 15) is 4.79 Å². The van der Waals surface area contributed by atoms with Gasteiger partial charge in [-0.3, -0.25) is 9.69 Å². The van der Waals surface area contributed by atoms with Crippen LogP contribution in [0.1, 0.15) is 19.3 Å². The summed E-state index contributed by atoms with van der Waals surface area (Å²) in [6, 6.07) is 0.229. The number of rotatable bonds is 2. The molecular weight excluding hydrogens is 180 g/mol. The summed E-state index contributed by atoms with van der Waals surface area (Å²) in [5.41, 5.74) is 0. The topological polar surface area (TPSA) is 52.6 Å². The molecule has 80 valence electrons. The van der Waals surface area contributed by atoms with Gasteiger partial charge in [0.15, 0.2) is 0 Å². The summed E-state index contributed by atoms with van der Waals surface area (Å²) in [7, 11) is 0. The highest BCUT2D eigenvalue weighted by Crippen LogP contribution is 2.20. The van der Waals surface area contributed by atoms with Gasteiger partial charge in [-0.15, -0.1) is 0 Å². The summed E-state index contributed by atoms with van der Waals surface area (Å²) in [6.45, 7) is 3.64. The minimum Gasteiger partial charge on any atom is -0.481 e. The van der Waals surface area contributed by atoms with E-state index in [1.165, 1.54) is 19.3 Å². The number of carboxylic acid groups (broad SMARTS) is 1. The third-order valence-electron chi connectivity index (χ3n) is 3.36. The first kappa shape index (κ1) is 9.93. The molecule has 0 aliphatic carbocycles. The van der Waals surface area contributed by atoms with Gasteiger partial charge in [-0.05, 0) is 25.9 Å². The fourth-order valence-electron chi connectivity index (χ4n) is 2.55. The fraction of sp³-hybridized carbons (Fsp3) is 0.900. The van der Waals surface area contributed by atoms with Gasteiger partial charge in [-0.2, -0.15) is 0 Å². The lowest BCUT2D eigenvalue weighted by Gasteiger charge is -2.33. The first-order chi connectivity index (χ1) is 6.79. The number of carbonyl (C=O) groups is 1. The Morgan fingerprint density at radius 3 is 2.57 bits per heavy atom. The molecule has 0 aromatic carbocycles. The number of likely N-dealkylation sites (tertiary alicyclic amines) is 1. The number of hydrogen-bond acceptors (Lipinski definition) is 3. The van der Waals surface area contributed by atoms with E-state index in [2.05, 4.69) is 10.2 Å². The molecule has 2 heterocycles. The van der Waals surface area contributed by atoms with Gasteiger partial charge in [0.2, 0.25) is 0 Å². The SMILES string of the molecule is O=C(O)C1CNCC1N1CCCCC1. The lowest BCUT2D eigenvalue weighted by Crippen LogP contribution is -2.45. The van der Waals surface area contributed by atoms with Crippen molar-refractivity contribution in [3.63, 3.8) is 0 Å². The largest absolute Gasteiger partial charge is 0.481 e. The molecule has 2 rings (SSSR count). The zero-order valence-corrected chi connectivity index (χ0v) is 8.41. The van der Waals surface area contributed by atoms with Gasteiger partial charge in [0.25, 0.3) is 0 Å². The average molecular weight is 198 g/mol. The van der Waals surface area contributed by atoms with E-state index in [0.29, 0.717) is 6.54 Å². The van der Waals surface area contributed by atoms with Crippen molar-refractivity contribution in [2.45, 2.75) is 25.3 Å². The maximum atomic E-state index is 11.0. The van der Waals surface area contributed by atoms with Crippen LogP contribution >= 0.6 is 0 Å². The lowest BCUT2D eigenvalue weighted by atomic mass is 9.99. The highest BCUT2D eigenvalue weighted by atomic mass is 16.4. The molecule has 4 heteroatoms. The van der Waals surface area contributed by atoms with Crippen molar-refractivity contribution in [2.24, 2.45) is 5.92 Å². The van der Waals surface area contributed by atoms with Crippen LogP contribution in [0.5, 0.6) is 0 Å². The molecule has 2 saturated heterocycles. The van der Waals surface area contributed by atoms with Gasteiger partial charge in [0, 0.05) is 19.1 Å². The maximum absolute atomic E-state index is 11.0. The van der Waals surface area contributed by atoms with Crippen LogP contribution in [0, 0.1) is 5.92 Å². The summed E-state index contributed by atoms with van der Waals surface area (Å²) in [4.78, 5) is 13.3. The second-order valence-corrected chi connectivity index (χ2v) is 4.27. The summed E-state index contributed by atoms with van der Waals surface area (Å²) in [6.07, 6.45) is 3.75. The molecule has 4 nitrogen and oxygen atoms in total. The van der Waals surface area contributed by atoms with Crippen LogP contribution in [-0.4, -0.2) is 48.2 Å². The lowest BCUT2D eigenvalue weighted by molar-refractivity contribution is -0.142. The van der Waals surface area contributed by atoms with Gasteiger partial charge in [-0.25, -0.2) is 0 Å². The van der Waals surface area contributed by atoms with Crippen molar-refractivity contribution in [3.05, 3.63) is 0 Å². The second kappa shape index (κ2) is 4.28. The molecule has 2 aliphatic heterocycles. The number of carboxylic acids is 1. The zero-order chi connectivity index (χ0) is 9.97. The summed E-state index contributed by atoms with van der Waals surface area (Å²) in [5.74, 6) is -0.848. The third kappa shape index (κ3) is 1.91. The quantitative estimate of drug-likeness (QED) is 0.663. The van der Waals surface area contributed by atoms with Crippen LogP contribution in [-0.2, 0) is 4.79 Å². The van der Waals surface area contributed by atoms with E-state index < -0.39 is 5.97 Å². The predicted octanol–water partition coefficient (Wildman–Crippen LogP) is 0.145. The molecule has 2 atom stereocenters. The Hall–Kier alpha value is -0.610. The normalized spacial score (nSPS) is 34.6. The standard InChI is InChI=1S/C10H18N2O2/c13-10(14)8-6-11-7-9(8)12-4-2-1-3-5-12/h8-9,11H,1-7H2,(H,13,14). The summed E-state index contributed by atoms with van der Waals surface area (Å²) < 4.78 is 0.